The zero-order chi connectivity index (χ0) is 14.7. The minimum absolute atomic E-state index is 0.149. The van der Waals surface area contributed by atoms with E-state index < -0.39 is 0 Å². The number of hydrogen-bond donors (Lipinski definition) is 2. The van der Waals surface area contributed by atoms with Crippen LogP contribution < -0.4 is 11.1 Å². The van der Waals surface area contributed by atoms with E-state index in [0.717, 1.165) is 16.8 Å². The lowest BCUT2D eigenvalue weighted by Gasteiger charge is -2.19. The van der Waals surface area contributed by atoms with Gasteiger partial charge in [-0.3, -0.25) is 0 Å². The number of anilines is 1. The van der Waals surface area contributed by atoms with E-state index in [0.29, 0.717) is 17.1 Å². The maximum Gasteiger partial charge on any atom is 0.126 e. The van der Waals surface area contributed by atoms with Crippen LogP contribution in [0.1, 0.15) is 22.7 Å². The van der Waals surface area contributed by atoms with Crippen molar-refractivity contribution in [1.82, 2.24) is 0 Å². The van der Waals surface area contributed by atoms with Gasteiger partial charge >= 0.3 is 0 Å². The summed E-state index contributed by atoms with van der Waals surface area (Å²) < 4.78 is 13.6. The number of aryl methyl sites for hydroxylation is 2. The molecule has 0 saturated heterocycles. The van der Waals surface area contributed by atoms with Crippen LogP contribution in [0.5, 0.6) is 0 Å². The number of hydrogen-bond acceptors (Lipinski definition) is 2. The normalized spacial score (nSPS) is 12.2. The van der Waals surface area contributed by atoms with Gasteiger partial charge in [0.25, 0.3) is 0 Å². The lowest BCUT2D eigenvalue weighted by Crippen LogP contribution is -2.20. The summed E-state index contributed by atoms with van der Waals surface area (Å²) in [5.41, 5.74) is 9.13. The van der Waals surface area contributed by atoms with E-state index >= 15 is 0 Å². The van der Waals surface area contributed by atoms with E-state index in [1.165, 1.54) is 6.07 Å². The molecule has 4 heteroatoms. The first kappa shape index (κ1) is 14.8. The number of nitrogens with one attached hydrogen (secondary N) is 1. The van der Waals surface area contributed by atoms with Crippen molar-refractivity contribution < 1.29 is 4.39 Å². The molecule has 0 bridgehead atoms. The summed E-state index contributed by atoms with van der Waals surface area (Å²) in [6, 6.07) is 10.8. The Labute approximate surface area is 123 Å². The Morgan fingerprint density at radius 1 is 1.15 bits per heavy atom. The van der Waals surface area contributed by atoms with Crippen molar-refractivity contribution in [3.8, 4) is 0 Å². The van der Waals surface area contributed by atoms with Crippen molar-refractivity contribution in [2.75, 3.05) is 11.9 Å². The minimum Gasteiger partial charge on any atom is -0.377 e. The highest BCUT2D eigenvalue weighted by atomic mass is 35.5. The number of halogens is 2. The monoisotopic (exact) mass is 292 g/mol. The summed E-state index contributed by atoms with van der Waals surface area (Å²) in [5.74, 6) is -0.218. The molecule has 0 saturated carbocycles. The Morgan fingerprint density at radius 2 is 1.85 bits per heavy atom. The highest BCUT2D eigenvalue weighted by Crippen LogP contribution is 2.24. The van der Waals surface area contributed by atoms with Crippen LogP contribution in [-0.2, 0) is 0 Å². The van der Waals surface area contributed by atoms with Gasteiger partial charge in [-0.15, -0.1) is 0 Å². The number of benzene rings is 2. The first-order valence-corrected chi connectivity index (χ1v) is 6.88. The van der Waals surface area contributed by atoms with E-state index in [-0.39, 0.29) is 11.9 Å². The molecule has 3 N–H and O–H groups in total. The Morgan fingerprint density at radius 3 is 2.45 bits per heavy atom. The van der Waals surface area contributed by atoms with E-state index in [4.69, 9.17) is 17.3 Å². The molecule has 0 aliphatic rings. The molecule has 0 heterocycles. The van der Waals surface area contributed by atoms with E-state index in [9.17, 15) is 4.39 Å². The summed E-state index contributed by atoms with van der Waals surface area (Å²) in [6.45, 7) is 4.06. The first-order chi connectivity index (χ1) is 9.51. The summed E-state index contributed by atoms with van der Waals surface area (Å²) in [6.07, 6.45) is 0. The van der Waals surface area contributed by atoms with Crippen LogP contribution in [0.25, 0.3) is 0 Å². The third kappa shape index (κ3) is 3.30. The lowest BCUT2D eigenvalue weighted by molar-refractivity contribution is 0.613. The predicted octanol–water partition coefficient (Wildman–Crippen LogP) is 4.21. The summed E-state index contributed by atoms with van der Waals surface area (Å²) >= 11 is 6.10. The Kier molecular flexibility index (Phi) is 4.63. The SMILES string of the molecule is Cc1ccc(C(CN)Nc2ccc(C)c(Cl)c2)cc1F. The van der Waals surface area contributed by atoms with Crippen molar-refractivity contribution in [3.05, 3.63) is 63.9 Å². The first-order valence-electron chi connectivity index (χ1n) is 6.50. The van der Waals surface area contributed by atoms with Gasteiger partial charge in [-0.25, -0.2) is 4.39 Å². The number of rotatable bonds is 4. The van der Waals surface area contributed by atoms with Crippen molar-refractivity contribution in [1.29, 1.82) is 0 Å². The van der Waals surface area contributed by atoms with Crippen molar-refractivity contribution in [2.45, 2.75) is 19.9 Å². The molecule has 0 amide bonds. The van der Waals surface area contributed by atoms with Gasteiger partial charge in [0.2, 0.25) is 0 Å². The van der Waals surface area contributed by atoms with Crippen molar-refractivity contribution in [3.63, 3.8) is 0 Å². The van der Waals surface area contributed by atoms with Gasteiger partial charge in [-0.05, 0) is 48.7 Å². The van der Waals surface area contributed by atoms with E-state index in [1.807, 2.05) is 31.2 Å². The molecule has 0 fully saturated rings. The summed E-state index contributed by atoms with van der Waals surface area (Å²) in [7, 11) is 0. The number of nitrogens with two attached hydrogens (primary N) is 1. The van der Waals surface area contributed by atoms with Crippen LogP contribution in [0.4, 0.5) is 10.1 Å². The second-order valence-electron chi connectivity index (χ2n) is 4.91. The van der Waals surface area contributed by atoms with Crippen LogP contribution >= 0.6 is 11.6 Å². The van der Waals surface area contributed by atoms with Crippen LogP contribution in [0.15, 0.2) is 36.4 Å². The van der Waals surface area contributed by atoms with E-state index in [1.54, 1.807) is 13.0 Å². The zero-order valence-corrected chi connectivity index (χ0v) is 12.3. The van der Waals surface area contributed by atoms with Gasteiger partial charge < -0.3 is 11.1 Å². The molecule has 2 nitrogen and oxygen atoms in total. The molecule has 0 aliphatic carbocycles. The molecule has 0 aromatic heterocycles. The third-order valence-electron chi connectivity index (χ3n) is 3.35. The molecule has 0 aliphatic heterocycles. The fourth-order valence-corrected chi connectivity index (χ4v) is 2.17. The van der Waals surface area contributed by atoms with Crippen molar-refractivity contribution >= 4 is 17.3 Å². The highest BCUT2D eigenvalue weighted by Gasteiger charge is 2.11. The average Bonchev–Trinajstić information content (AvgIpc) is 2.43. The molecule has 106 valence electrons. The molecule has 2 rings (SSSR count). The molecular weight excluding hydrogens is 275 g/mol. The standard InChI is InChI=1S/C16H18ClFN2/c1-10-4-6-13(8-14(10)17)20-16(9-19)12-5-3-11(2)15(18)7-12/h3-8,16,20H,9,19H2,1-2H3. The Balaban J connectivity index is 2.23. The maximum absolute atomic E-state index is 13.6. The van der Waals surface area contributed by atoms with Crippen LogP contribution in [0.3, 0.4) is 0 Å². The van der Waals surface area contributed by atoms with Crippen molar-refractivity contribution in [2.24, 2.45) is 5.73 Å². The summed E-state index contributed by atoms with van der Waals surface area (Å²) in [5, 5.41) is 3.98. The molecule has 1 unspecified atom stereocenters. The molecule has 0 radical (unpaired) electrons. The Bertz CT molecular complexity index is 613. The van der Waals surface area contributed by atoms with Crippen LogP contribution in [0, 0.1) is 19.7 Å². The van der Waals surface area contributed by atoms with Crippen LogP contribution in [0.2, 0.25) is 5.02 Å². The van der Waals surface area contributed by atoms with Gasteiger partial charge in [0.1, 0.15) is 5.82 Å². The maximum atomic E-state index is 13.6. The van der Waals surface area contributed by atoms with Gasteiger partial charge in [-0.1, -0.05) is 29.8 Å². The molecular formula is C16H18ClFN2. The van der Waals surface area contributed by atoms with Gasteiger partial charge in [0.15, 0.2) is 0 Å². The highest BCUT2D eigenvalue weighted by molar-refractivity contribution is 6.31. The average molecular weight is 293 g/mol. The molecule has 20 heavy (non-hydrogen) atoms. The van der Waals surface area contributed by atoms with Gasteiger partial charge in [0, 0.05) is 17.3 Å². The van der Waals surface area contributed by atoms with Gasteiger partial charge in [-0.2, -0.15) is 0 Å². The fourth-order valence-electron chi connectivity index (χ4n) is 1.99. The third-order valence-corrected chi connectivity index (χ3v) is 3.75. The Hall–Kier alpha value is -1.58. The fraction of sp³-hybridized carbons (Fsp3) is 0.250. The quantitative estimate of drug-likeness (QED) is 0.886. The largest absolute Gasteiger partial charge is 0.377 e. The second kappa shape index (κ2) is 6.25. The zero-order valence-electron chi connectivity index (χ0n) is 11.6. The van der Waals surface area contributed by atoms with E-state index in [2.05, 4.69) is 5.32 Å². The summed E-state index contributed by atoms with van der Waals surface area (Å²) in [4.78, 5) is 0. The lowest BCUT2D eigenvalue weighted by atomic mass is 10.0. The molecule has 2 aromatic carbocycles. The minimum atomic E-state index is -0.218. The van der Waals surface area contributed by atoms with Gasteiger partial charge in [0.05, 0.1) is 6.04 Å². The van der Waals surface area contributed by atoms with Crippen LogP contribution in [-0.4, -0.2) is 6.54 Å². The smallest absolute Gasteiger partial charge is 0.126 e. The topological polar surface area (TPSA) is 38.0 Å². The molecule has 1 atom stereocenters. The molecule has 2 aromatic rings. The predicted molar refractivity (Wildman–Crippen MR) is 82.7 cm³/mol. The second-order valence-corrected chi connectivity index (χ2v) is 5.31. The molecule has 0 spiro atoms.